The van der Waals surface area contributed by atoms with Crippen molar-refractivity contribution in [2.45, 2.75) is 18.4 Å². The first kappa shape index (κ1) is 11.6. The molecular formula is C12H10ClNO3S. The maximum Gasteiger partial charge on any atom is 0.294 e. The van der Waals surface area contributed by atoms with Crippen LogP contribution in [0, 0.1) is 0 Å². The van der Waals surface area contributed by atoms with Crippen molar-refractivity contribution in [1.29, 1.82) is 0 Å². The second-order valence-corrected chi connectivity index (χ2v) is 6.51. The van der Waals surface area contributed by atoms with Crippen molar-refractivity contribution in [2.75, 3.05) is 0 Å². The predicted molar refractivity (Wildman–Crippen MR) is 70.5 cm³/mol. The summed E-state index contributed by atoms with van der Waals surface area (Å²) < 4.78 is 28.5. The zero-order valence-electron chi connectivity index (χ0n) is 9.53. The molecule has 0 saturated carbocycles. The van der Waals surface area contributed by atoms with Crippen LogP contribution in [-0.4, -0.2) is 13.4 Å². The van der Waals surface area contributed by atoms with Crippen LogP contribution in [0.2, 0.25) is 0 Å². The molecule has 18 heavy (non-hydrogen) atoms. The number of nitrogens with one attached hydrogen (secondary N) is 1. The molecule has 94 valence electrons. The molecule has 0 aliphatic heterocycles. The van der Waals surface area contributed by atoms with Gasteiger partial charge in [0.1, 0.15) is 5.58 Å². The van der Waals surface area contributed by atoms with Crippen molar-refractivity contribution in [3.8, 4) is 0 Å². The van der Waals surface area contributed by atoms with Crippen LogP contribution in [-0.2, 0) is 15.5 Å². The molecular weight excluding hydrogens is 274 g/mol. The van der Waals surface area contributed by atoms with Crippen LogP contribution in [0.25, 0.3) is 21.9 Å². The SMILES string of the molecule is CCc1c(S(=O)(=O)Cl)oc2c1ccc1[nH]ccc12. The maximum atomic E-state index is 11.5. The van der Waals surface area contributed by atoms with E-state index < -0.39 is 9.05 Å². The van der Waals surface area contributed by atoms with Gasteiger partial charge >= 0.3 is 0 Å². The first-order chi connectivity index (χ1) is 8.52. The van der Waals surface area contributed by atoms with Gasteiger partial charge in [0.25, 0.3) is 9.05 Å². The molecule has 0 saturated heterocycles. The summed E-state index contributed by atoms with van der Waals surface area (Å²) in [5.41, 5.74) is 2.09. The molecule has 0 radical (unpaired) electrons. The Labute approximate surface area is 108 Å². The molecule has 3 aromatic rings. The highest BCUT2D eigenvalue weighted by atomic mass is 35.7. The maximum absolute atomic E-state index is 11.5. The first-order valence-corrected chi connectivity index (χ1v) is 7.79. The summed E-state index contributed by atoms with van der Waals surface area (Å²) >= 11 is 0. The van der Waals surface area contributed by atoms with E-state index in [2.05, 4.69) is 4.98 Å². The molecule has 2 aromatic heterocycles. The van der Waals surface area contributed by atoms with Gasteiger partial charge < -0.3 is 9.40 Å². The van der Waals surface area contributed by atoms with Crippen molar-refractivity contribution in [3.63, 3.8) is 0 Å². The van der Waals surface area contributed by atoms with Crippen molar-refractivity contribution in [2.24, 2.45) is 0 Å². The molecule has 6 heteroatoms. The van der Waals surface area contributed by atoms with E-state index in [1.165, 1.54) is 0 Å². The third kappa shape index (κ3) is 1.54. The van der Waals surface area contributed by atoms with Gasteiger partial charge in [-0.1, -0.05) is 6.92 Å². The van der Waals surface area contributed by atoms with Crippen molar-refractivity contribution < 1.29 is 12.8 Å². The summed E-state index contributed by atoms with van der Waals surface area (Å²) in [5, 5.41) is 1.51. The Morgan fingerprint density at radius 2 is 2.06 bits per heavy atom. The number of hydrogen-bond donors (Lipinski definition) is 1. The minimum Gasteiger partial charge on any atom is -0.442 e. The summed E-state index contributed by atoms with van der Waals surface area (Å²) in [7, 11) is 1.55. The van der Waals surface area contributed by atoms with Crippen LogP contribution in [0.3, 0.4) is 0 Å². The van der Waals surface area contributed by atoms with Gasteiger partial charge in [0.2, 0.25) is 5.09 Å². The van der Waals surface area contributed by atoms with E-state index in [1.54, 1.807) is 6.20 Å². The summed E-state index contributed by atoms with van der Waals surface area (Å²) in [4.78, 5) is 3.05. The fourth-order valence-corrected chi connectivity index (χ4v) is 3.35. The van der Waals surface area contributed by atoms with E-state index in [1.807, 2.05) is 25.1 Å². The fourth-order valence-electron chi connectivity index (χ4n) is 2.25. The summed E-state index contributed by atoms with van der Waals surface area (Å²) in [6, 6.07) is 5.60. The predicted octanol–water partition coefficient (Wildman–Crippen LogP) is 3.40. The number of benzene rings is 1. The molecule has 0 bridgehead atoms. The average Bonchev–Trinajstić information content (AvgIpc) is 2.90. The van der Waals surface area contributed by atoms with Crippen molar-refractivity contribution in [3.05, 3.63) is 30.0 Å². The smallest absolute Gasteiger partial charge is 0.294 e. The Kier molecular flexibility index (Phi) is 2.43. The van der Waals surface area contributed by atoms with E-state index in [-0.39, 0.29) is 5.09 Å². The molecule has 2 heterocycles. The van der Waals surface area contributed by atoms with Crippen LogP contribution in [0.15, 0.2) is 33.9 Å². The lowest BCUT2D eigenvalue weighted by molar-refractivity contribution is 0.483. The van der Waals surface area contributed by atoms with Gasteiger partial charge in [-0.2, -0.15) is 0 Å². The molecule has 0 amide bonds. The number of rotatable bonds is 2. The highest BCUT2D eigenvalue weighted by Gasteiger charge is 2.24. The number of H-pyrrole nitrogens is 1. The van der Waals surface area contributed by atoms with Gasteiger partial charge in [-0.05, 0) is 24.6 Å². The summed E-state index contributed by atoms with van der Waals surface area (Å²) in [6.07, 6.45) is 2.33. The number of aromatic amines is 1. The molecule has 0 spiro atoms. The number of furan rings is 1. The highest BCUT2D eigenvalue weighted by Crippen LogP contribution is 2.35. The van der Waals surface area contributed by atoms with E-state index >= 15 is 0 Å². The monoisotopic (exact) mass is 283 g/mol. The standard InChI is InChI=1S/C12H10ClNO3S/c1-2-7-8-3-4-10-9(5-6-14-10)11(8)17-12(7)18(13,15)16/h3-6,14H,2H2,1H3. The van der Waals surface area contributed by atoms with E-state index in [0.717, 1.165) is 16.3 Å². The van der Waals surface area contributed by atoms with Gasteiger partial charge in [0.15, 0.2) is 0 Å². The Hall–Kier alpha value is -1.46. The van der Waals surface area contributed by atoms with Gasteiger partial charge in [-0.25, -0.2) is 8.42 Å². The summed E-state index contributed by atoms with van der Waals surface area (Å²) in [5.74, 6) is 0. The molecule has 0 aliphatic rings. The lowest BCUT2D eigenvalue weighted by atomic mass is 10.1. The lowest BCUT2D eigenvalue weighted by Gasteiger charge is -1.94. The molecule has 1 aromatic carbocycles. The molecule has 0 unspecified atom stereocenters. The number of aryl methyl sites for hydroxylation is 1. The van der Waals surface area contributed by atoms with E-state index in [4.69, 9.17) is 15.1 Å². The molecule has 4 nitrogen and oxygen atoms in total. The Balaban J connectivity index is 2.53. The number of fused-ring (bicyclic) bond motifs is 3. The topological polar surface area (TPSA) is 63.1 Å². The normalized spacial score (nSPS) is 12.6. The molecule has 0 fully saturated rings. The van der Waals surface area contributed by atoms with Crippen LogP contribution >= 0.6 is 10.7 Å². The zero-order chi connectivity index (χ0) is 12.9. The quantitative estimate of drug-likeness (QED) is 0.733. The number of aromatic nitrogens is 1. The van der Waals surface area contributed by atoms with Crippen LogP contribution in [0.4, 0.5) is 0 Å². The van der Waals surface area contributed by atoms with E-state index in [0.29, 0.717) is 17.6 Å². The number of halogens is 1. The minimum atomic E-state index is -3.86. The van der Waals surface area contributed by atoms with Crippen LogP contribution in [0.5, 0.6) is 0 Å². The lowest BCUT2D eigenvalue weighted by Crippen LogP contribution is -1.92. The van der Waals surface area contributed by atoms with Gasteiger partial charge in [-0.3, -0.25) is 0 Å². The van der Waals surface area contributed by atoms with E-state index in [9.17, 15) is 8.42 Å². The Morgan fingerprint density at radius 3 is 2.72 bits per heavy atom. The molecule has 1 N–H and O–H groups in total. The highest BCUT2D eigenvalue weighted by molar-refractivity contribution is 8.13. The fraction of sp³-hybridized carbons (Fsp3) is 0.167. The Bertz CT molecular complexity index is 845. The molecule has 0 aliphatic carbocycles. The van der Waals surface area contributed by atoms with Gasteiger partial charge in [-0.15, -0.1) is 0 Å². The van der Waals surface area contributed by atoms with Crippen molar-refractivity contribution in [1.82, 2.24) is 4.98 Å². The van der Waals surface area contributed by atoms with Crippen molar-refractivity contribution >= 4 is 41.6 Å². The second kappa shape index (κ2) is 3.76. The van der Waals surface area contributed by atoms with Gasteiger partial charge in [0, 0.05) is 38.7 Å². The van der Waals surface area contributed by atoms with Crippen LogP contribution in [0.1, 0.15) is 12.5 Å². The third-order valence-corrected chi connectivity index (χ3v) is 4.22. The summed E-state index contributed by atoms with van der Waals surface area (Å²) in [6.45, 7) is 1.87. The second-order valence-electron chi connectivity index (χ2n) is 4.04. The molecule has 3 rings (SSSR count). The zero-order valence-corrected chi connectivity index (χ0v) is 11.1. The third-order valence-electron chi connectivity index (χ3n) is 3.03. The minimum absolute atomic E-state index is 0.143. The van der Waals surface area contributed by atoms with Crippen LogP contribution < -0.4 is 0 Å². The largest absolute Gasteiger partial charge is 0.442 e. The molecule has 0 atom stereocenters. The number of hydrogen-bond acceptors (Lipinski definition) is 3. The average molecular weight is 284 g/mol. The Morgan fingerprint density at radius 1 is 1.28 bits per heavy atom. The van der Waals surface area contributed by atoms with Gasteiger partial charge in [0.05, 0.1) is 0 Å². The first-order valence-electron chi connectivity index (χ1n) is 5.48.